The van der Waals surface area contributed by atoms with Gasteiger partial charge in [-0.15, -0.1) is 0 Å². The van der Waals surface area contributed by atoms with Gasteiger partial charge in [-0.25, -0.2) is 0 Å². The first-order chi connectivity index (χ1) is 6.75. The minimum Gasteiger partial charge on any atom is -0.299 e. The molecule has 15 heavy (non-hydrogen) atoms. The highest BCUT2D eigenvalue weighted by Gasteiger charge is 2.14. The summed E-state index contributed by atoms with van der Waals surface area (Å²) in [5.41, 5.74) is 2.60. The van der Waals surface area contributed by atoms with Gasteiger partial charge < -0.3 is 0 Å². The second-order valence-electron chi connectivity index (χ2n) is 4.89. The summed E-state index contributed by atoms with van der Waals surface area (Å²) < 4.78 is 0. The predicted molar refractivity (Wildman–Crippen MR) is 66.1 cm³/mol. The molecule has 1 aromatic carbocycles. The van der Waals surface area contributed by atoms with E-state index < -0.39 is 0 Å². The van der Waals surface area contributed by atoms with Crippen molar-refractivity contribution in [3.8, 4) is 0 Å². The second-order valence-corrected chi connectivity index (χ2v) is 4.89. The van der Waals surface area contributed by atoms with E-state index >= 15 is 0 Å². The molecule has 84 valence electrons. The van der Waals surface area contributed by atoms with Crippen LogP contribution in [0.1, 0.15) is 38.8 Å². The normalized spacial score (nSPS) is 10.3. The topological polar surface area (TPSA) is 17.1 Å². The third kappa shape index (κ3) is 6.05. The number of rotatable bonds is 0. The Labute approximate surface area is 93.5 Å². The van der Waals surface area contributed by atoms with Gasteiger partial charge in [-0.1, -0.05) is 45.0 Å². The summed E-state index contributed by atoms with van der Waals surface area (Å²) >= 11 is 0. The van der Waals surface area contributed by atoms with Crippen molar-refractivity contribution in [1.29, 1.82) is 0 Å². The molecule has 0 saturated carbocycles. The minimum absolute atomic E-state index is 0.139. The van der Waals surface area contributed by atoms with Crippen LogP contribution < -0.4 is 0 Å². The van der Waals surface area contributed by atoms with Gasteiger partial charge in [0.15, 0.2) is 0 Å². The Kier molecular flexibility index (Phi) is 5.27. The first kappa shape index (κ1) is 13.9. The summed E-state index contributed by atoms with van der Waals surface area (Å²) in [5.74, 6) is 0.243. The number of hydrogen-bond acceptors (Lipinski definition) is 1. The lowest BCUT2D eigenvalue weighted by Crippen LogP contribution is -2.15. The summed E-state index contributed by atoms with van der Waals surface area (Å²) in [6.45, 7) is 11.6. The Bertz CT molecular complexity index is 297. The molecule has 0 amide bonds. The number of ketones is 1. The van der Waals surface area contributed by atoms with Crippen molar-refractivity contribution in [2.75, 3.05) is 0 Å². The van der Waals surface area contributed by atoms with Crippen LogP contribution in [-0.2, 0) is 4.79 Å². The van der Waals surface area contributed by atoms with Crippen LogP contribution in [0.3, 0.4) is 0 Å². The monoisotopic (exact) mass is 206 g/mol. The average molecular weight is 206 g/mol. The molecule has 0 N–H and O–H groups in total. The van der Waals surface area contributed by atoms with Crippen molar-refractivity contribution in [3.05, 3.63) is 35.4 Å². The smallest absolute Gasteiger partial charge is 0.135 e. The molecular weight excluding hydrogens is 184 g/mol. The third-order valence-corrected chi connectivity index (χ3v) is 2.48. The minimum atomic E-state index is -0.139. The number of Topliss-reactive ketones (excluding diaryl/α,β-unsaturated/α-hetero) is 1. The van der Waals surface area contributed by atoms with Crippen molar-refractivity contribution in [2.24, 2.45) is 5.41 Å². The molecule has 0 radical (unpaired) electrons. The Morgan fingerprint density at radius 3 is 1.40 bits per heavy atom. The molecule has 1 rings (SSSR count). The van der Waals surface area contributed by atoms with Gasteiger partial charge in [-0.3, -0.25) is 4.79 Å². The van der Waals surface area contributed by atoms with Crippen LogP contribution in [0.15, 0.2) is 24.3 Å². The van der Waals surface area contributed by atoms with Crippen molar-refractivity contribution >= 4 is 5.78 Å². The molecule has 0 fully saturated rings. The largest absolute Gasteiger partial charge is 0.299 e. The summed E-state index contributed by atoms with van der Waals surface area (Å²) in [6.07, 6.45) is 0. The Hall–Kier alpha value is -1.11. The van der Waals surface area contributed by atoms with E-state index in [0.29, 0.717) is 0 Å². The average Bonchev–Trinajstić information content (AvgIpc) is 2.09. The highest BCUT2D eigenvalue weighted by atomic mass is 16.1. The van der Waals surface area contributed by atoms with Gasteiger partial charge >= 0.3 is 0 Å². The maximum absolute atomic E-state index is 10.5. The lowest BCUT2D eigenvalue weighted by atomic mass is 9.92. The highest BCUT2D eigenvalue weighted by molar-refractivity contribution is 5.80. The molecule has 0 unspecified atom stereocenters. The first-order valence-electron chi connectivity index (χ1n) is 5.28. The van der Waals surface area contributed by atoms with Crippen LogP contribution in [0, 0.1) is 19.3 Å². The predicted octanol–water partition coefficient (Wildman–Crippen LogP) is 3.92. The van der Waals surface area contributed by atoms with Crippen LogP contribution in [0.4, 0.5) is 0 Å². The van der Waals surface area contributed by atoms with E-state index in [4.69, 9.17) is 0 Å². The fourth-order valence-electron chi connectivity index (χ4n) is 0.663. The van der Waals surface area contributed by atoms with Crippen LogP contribution in [0.25, 0.3) is 0 Å². The standard InChI is InChI=1S/C8H10.C6H12O/c1-7-5-3-4-6-8(7)2;1-5(7)6(2,3)4/h3-6H,1-2H3;1-4H3. The first-order valence-corrected chi connectivity index (χ1v) is 5.28. The van der Waals surface area contributed by atoms with E-state index in [2.05, 4.69) is 38.1 Å². The lowest BCUT2D eigenvalue weighted by Gasteiger charge is -2.11. The molecule has 0 saturated heterocycles. The molecule has 0 aliphatic rings. The molecule has 0 atom stereocenters. The van der Waals surface area contributed by atoms with Crippen LogP contribution in [-0.4, -0.2) is 5.78 Å². The molecule has 0 bridgehead atoms. The van der Waals surface area contributed by atoms with Crippen molar-refractivity contribution < 1.29 is 4.79 Å². The highest BCUT2D eigenvalue weighted by Crippen LogP contribution is 2.12. The van der Waals surface area contributed by atoms with Gasteiger partial charge in [0.05, 0.1) is 0 Å². The zero-order chi connectivity index (χ0) is 12.1. The number of hydrogen-bond donors (Lipinski definition) is 0. The number of benzene rings is 1. The molecule has 1 heteroatoms. The van der Waals surface area contributed by atoms with Crippen LogP contribution in [0.5, 0.6) is 0 Å². The molecule has 0 spiro atoms. The maximum atomic E-state index is 10.5. The maximum Gasteiger partial charge on any atom is 0.135 e. The molecule has 0 aromatic heterocycles. The van der Waals surface area contributed by atoms with Crippen molar-refractivity contribution in [1.82, 2.24) is 0 Å². The fraction of sp³-hybridized carbons (Fsp3) is 0.500. The van der Waals surface area contributed by atoms with E-state index in [1.807, 2.05) is 20.8 Å². The number of carbonyl (C=O) groups is 1. The van der Waals surface area contributed by atoms with Crippen molar-refractivity contribution in [2.45, 2.75) is 41.5 Å². The van der Waals surface area contributed by atoms with Gasteiger partial charge in [0.1, 0.15) is 5.78 Å². The number of carbonyl (C=O) groups excluding carboxylic acids is 1. The van der Waals surface area contributed by atoms with Crippen molar-refractivity contribution in [3.63, 3.8) is 0 Å². The summed E-state index contributed by atoms with van der Waals surface area (Å²) in [5, 5.41) is 0. The van der Waals surface area contributed by atoms with E-state index in [-0.39, 0.29) is 11.2 Å². The zero-order valence-corrected chi connectivity index (χ0v) is 10.7. The molecule has 0 heterocycles. The van der Waals surface area contributed by atoms with E-state index in [0.717, 1.165) is 0 Å². The fourth-order valence-corrected chi connectivity index (χ4v) is 0.663. The Balaban J connectivity index is 0.000000265. The summed E-state index contributed by atoms with van der Waals surface area (Å²) in [6, 6.07) is 8.36. The second kappa shape index (κ2) is 5.69. The van der Waals surface area contributed by atoms with E-state index in [1.54, 1.807) is 6.92 Å². The number of aryl methyl sites for hydroxylation is 2. The quantitative estimate of drug-likeness (QED) is 0.628. The Morgan fingerprint density at radius 1 is 1.00 bits per heavy atom. The molecule has 1 aromatic rings. The molecule has 0 aliphatic heterocycles. The van der Waals surface area contributed by atoms with Gasteiger partial charge in [-0.05, 0) is 31.9 Å². The van der Waals surface area contributed by atoms with E-state index in [1.165, 1.54) is 11.1 Å². The summed E-state index contributed by atoms with van der Waals surface area (Å²) in [4.78, 5) is 10.5. The van der Waals surface area contributed by atoms with Gasteiger partial charge in [0.25, 0.3) is 0 Å². The Morgan fingerprint density at radius 2 is 1.27 bits per heavy atom. The molecule has 0 aliphatic carbocycles. The van der Waals surface area contributed by atoms with Gasteiger partial charge in [0.2, 0.25) is 0 Å². The van der Waals surface area contributed by atoms with Crippen LogP contribution >= 0.6 is 0 Å². The lowest BCUT2D eigenvalue weighted by molar-refractivity contribution is -0.124. The summed E-state index contributed by atoms with van der Waals surface area (Å²) in [7, 11) is 0. The van der Waals surface area contributed by atoms with Crippen LogP contribution in [0.2, 0.25) is 0 Å². The molecule has 1 nitrogen and oxygen atoms in total. The van der Waals surface area contributed by atoms with E-state index in [9.17, 15) is 4.79 Å². The zero-order valence-electron chi connectivity index (χ0n) is 10.7. The SMILES string of the molecule is CC(=O)C(C)(C)C.Cc1ccccc1C. The van der Waals surface area contributed by atoms with Gasteiger partial charge in [0, 0.05) is 5.41 Å². The van der Waals surface area contributed by atoms with Gasteiger partial charge in [-0.2, -0.15) is 0 Å². The third-order valence-electron chi connectivity index (χ3n) is 2.48. The molecular formula is C14H22O.